The summed E-state index contributed by atoms with van der Waals surface area (Å²) in [5, 5.41) is 22.6. The first-order valence-electron chi connectivity index (χ1n) is 6.08. The molecule has 0 bridgehead atoms. The van der Waals surface area contributed by atoms with Crippen LogP contribution in [-0.4, -0.2) is 34.2 Å². The van der Waals surface area contributed by atoms with Gasteiger partial charge in [-0.3, -0.25) is 4.79 Å². The molecule has 0 aliphatic carbocycles. The number of aliphatic carboxylic acids is 2. The zero-order valence-electron chi connectivity index (χ0n) is 11.2. The van der Waals surface area contributed by atoms with Gasteiger partial charge in [-0.15, -0.1) is 0 Å². The standard InChI is InChI=1S/C13H15ClN2O5/c1-7-8(14)3-2-4-9(7)15-13(21)16-10(12(19)20)5-6-11(17)18/h2-4,10H,5-6H2,1H3,(H,17,18)(H,19,20)(H2,15,16,21)/t10-/m0/s1. The van der Waals surface area contributed by atoms with Crippen LogP contribution in [0, 0.1) is 6.92 Å². The summed E-state index contributed by atoms with van der Waals surface area (Å²) in [5.41, 5.74) is 1.09. The lowest BCUT2D eigenvalue weighted by atomic mass is 10.1. The van der Waals surface area contributed by atoms with Crippen molar-refractivity contribution in [3.63, 3.8) is 0 Å². The van der Waals surface area contributed by atoms with Crippen molar-refractivity contribution in [1.29, 1.82) is 0 Å². The Morgan fingerprint density at radius 2 is 1.95 bits per heavy atom. The molecule has 0 spiro atoms. The van der Waals surface area contributed by atoms with E-state index in [4.69, 9.17) is 21.8 Å². The van der Waals surface area contributed by atoms with Gasteiger partial charge in [0.15, 0.2) is 0 Å². The van der Waals surface area contributed by atoms with Crippen molar-refractivity contribution in [1.82, 2.24) is 5.32 Å². The summed E-state index contributed by atoms with van der Waals surface area (Å²) in [5.74, 6) is -2.43. The van der Waals surface area contributed by atoms with E-state index in [-0.39, 0.29) is 12.8 Å². The van der Waals surface area contributed by atoms with Crippen molar-refractivity contribution < 1.29 is 24.6 Å². The highest BCUT2D eigenvalue weighted by molar-refractivity contribution is 6.31. The minimum atomic E-state index is -1.30. The van der Waals surface area contributed by atoms with Crippen LogP contribution in [0.3, 0.4) is 0 Å². The highest BCUT2D eigenvalue weighted by Crippen LogP contribution is 2.22. The fraction of sp³-hybridized carbons (Fsp3) is 0.308. The number of carbonyl (C=O) groups excluding carboxylic acids is 1. The summed E-state index contributed by atoms with van der Waals surface area (Å²) < 4.78 is 0. The molecule has 8 heteroatoms. The molecule has 2 amide bonds. The first-order chi connectivity index (χ1) is 9.81. The lowest BCUT2D eigenvalue weighted by Crippen LogP contribution is -2.43. The zero-order valence-corrected chi connectivity index (χ0v) is 12.0. The van der Waals surface area contributed by atoms with Crippen LogP contribution < -0.4 is 10.6 Å². The number of urea groups is 1. The topological polar surface area (TPSA) is 116 Å². The lowest BCUT2D eigenvalue weighted by molar-refractivity contribution is -0.140. The second-order valence-electron chi connectivity index (χ2n) is 4.33. The number of nitrogens with one attached hydrogen (secondary N) is 2. The molecular formula is C13H15ClN2O5. The largest absolute Gasteiger partial charge is 0.481 e. The lowest BCUT2D eigenvalue weighted by Gasteiger charge is -2.15. The molecule has 0 unspecified atom stereocenters. The van der Waals surface area contributed by atoms with Gasteiger partial charge in [0.25, 0.3) is 0 Å². The van der Waals surface area contributed by atoms with E-state index in [0.717, 1.165) is 0 Å². The molecule has 0 radical (unpaired) electrons. The minimum Gasteiger partial charge on any atom is -0.481 e. The van der Waals surface area contributed by atoms with Crippen molar-refractivity contribution in [2.75, 3.05) is 5.32 Å². The minimum absolute atomic E-state index is 0.202. The molecule has 0 fully saturated rings. The van der Waals surface area contributed by atoms with Gasteiger partial charge in [-0.05, 0) is 31.0 Å². The maximum absolute atomic E-state index is 11.8. The molecule has 1 rings (SSSR count). The van der Waals surface area contributed by atoms with Crippen LogP contribution in [-0.2, 0) is 9.59 Å². The van der Waals surface area contributed by atoms with E-state index < -0.39 is 24.0 Å². The SMILES string of the molecule is Cc1c(Cl)cccc1NC(=O)N[C@@H](CCC(=O)O)C(=O)O. The third kappa shape index (κ3) is 5.31. The normalized spacial score (nSPS) is 11.5. The smallest absolute Gasteiger partial charge is 0.326 e. The van der Waals surface area contributed by atoms with Gasteiger partial charge in [0, 0.05) is 17.1 Å². The van der Waals surface area contributed by atoms with Gasteiger partial charge in [0.2, 0.25) is 0 Å². The number of hydrogen-bond acceptors (Lipinski definition) is 3. The molecule has 21 heavy (non-hydrogen) atoms. The number of halogens is 1. The van der Waals surface area contributed by atoms with Gasteiger partial charge in [-0.25, -0.2) is 9.59 Å². The van der Waals surface area contributed by atoms with Gasteiger partial charge in [-0.1, -0.05) is 17.7 Å². The Labute approximate surface area is 125 Å². The van der Waals surface area contributed by atoms with E-state index in [2.05, 4.69) is 10.6 Å². The molecular weight excluding hydrogens is 300 g/mol. The predicted molar refractivity (Wildman–Crippen MR) is 76.6 cm³/mol. The monoisotopic (exact) mass is 314 g/mol. The van der Waals surface area contributed by atoms with Crippen molar-refractivity contribution >= 4 is 35.3 Å². The van der Waals surface area contributed by atoms with Crippen molar-refractivity contribution in [2.24, 2.45) is 0 Å². The summed E-state index contributed by atoms with van der Waals surface area (Å²) in [6.07, 6.45) is -0.556. The number of carbonyl (C=O) groups is 3. The summed E-state index contributed by atoms with van der Waals surface area (Å²) in [7, 11) is 0. The van der Waals surface area contributed by atoms with Gasteiger partial charge in [-0.2, -0.15) is 0 Å². The molecule has 0 heterocycles. The van der Waals surface area contributed by atoms with Gasteiger partial charge < -0.3 is 20.8 Å². The molecule has 7 nitrogen and oxygen atoms in total. The average molecular weight is 315 g/mol. The third-order valence-corrected chi connectivity index (χ3v) is 3.18. The first kappa shape index (κ1) is 16.8. The molecule has 0 aliphatic rings. The van der Waals surface area contributed by atoms with Gasteiger partial charge >= 0.3 is 18.0 Å². The van der Waals surface area contributed by atoms with Crippen LogP contribution in [0.25, 0.3) is 0 Å². The zero-order chi connectivity index (χ0) is 16.0. The number of amides is 2. The summed E-state index contributed by atoms with van der Waals surface area (Å²) >= 11 is 5.91. The Balaban J connectivity index is 2.67. The van der Waals surface area contributed by atoms with Crippen molar-refractivity contribution in [2.45, 2.75) is 25.8 Å². The summed E-state index contributed by atoms with van der Waals surface area (Å²) in [6.45, 7) is 1.71. The number of benzene rings is 1. The van der Waals surface area contributed by atoms with E-state index in [1.165, 1.54) is 0 Å². The maximum atomic E-state index is 11.8. The van der Waals surface area contributed by atoms with E-state index in [1.54, 1.807) is 25.1 Å². The van der Waals surface area contributed by atoms with E-state index in [0.29, 0.717) is 16.3 Å². The van der Waals surface area contributed by atoms with Crippen LogP contribution in [0.15, 0.2) is 18.2 Å². The highest BCUT2D eigenvalue weighted by Gasteiger charge is 2.21. The Morgan fingerprint density at radius 3 is 2.52 bits per heavy atom. The molecule has 4 N–H and O–H groups in total. The number of anilines is 1. The molecule has 1 atom stereocenters. The second kappa shape index (κ2) is 7.49. The molecule has 0 aliphatic heterocycles. The Hall–Kier alpha value is -2.28. The number of carboxylic acids is 2. The fourth-order valence-electron chi connectivity index (χ4n) is 1.58. The fourth-order valence-corrected chi connectivity index (χ4v) is 1.76. The van der Waals surface area contributed by atoms with Crippen LogP contribution in [0.1, 0.15) is 18.4 Å². The van der Waals surface area contributed by atoms with Crippen LogP contribution in [0.2, 0.25) is 5.02 Å². The maximum Gasteiger partial charge on any atom is 0.326 e. The molecule has 0 aromatic heterocycles. The van der Waals surface area contributed by atoms with E-state index in [1.807, 2.05) is 0 Å². The molecule has 114 valence electrons. The van der Waals surface area contributed by atoms with E-state index in [9.17, 15) is 14.4 Å². The van der Waals surface area contributed by atoms with Crippen molar-refractivity contribution in [3.05, 3.63) is 28.8 Å². The molecule has 0 saturated carbocycles. The van der Waals surface area contributed by atoms with Gasteiger partial charge in [0.05, 0.1) is 0 Å². The Kier molecular flexibility index (Phi) is 5.98. The Bertz CT molecular complexity index is 561. The number of hydrogen-bond donors (Lipinski definition) is 4. The second-order valence-corrected chi connectivity index (χ2v) is 4.74. The van der Waals surface area contributed by atoms with Gasteiger partial charge in [0.1, 0.15) is 6.04 Å². The first-order valence-corrected chi connectivity index (χ1v) is 6.46. The molecule has 1 aromatic carbocycles. The van der Waals surface area contributed by atoms with Crippen LogP contribution in [0.4, 0.5) is 10.5 Å². The van der Waals surface area contributed by atoms with Crippen LogP contribution >= 0.6 is 11.6 Å². The predicted octanol–water partition coefficient (Wildman–Crippen LogP) is 2.09. The summed E-state index contributed by atoms with van der Waals surface area (Å²) in [6, 6.07) is 2.91. The quantitative estimate of drug-likeness (QED) is 0.641. The number of rotatable bonds is 6. The van der Waals surface area contributed by atoms with Crippen LogP contribution in [0.5, 0.6) is 0 Å². The van der Waals surface area contributed by atoms with Crippen molar-refractivity contribution in [3.8, 4) is 0 Å². The Morgan fingerprint density at radius 1 is 1.29 bits per heavy atom. The number of carboxylic acid groups (broad SMARTS) is 2. The summed E-state index contributed by atoms with van der Waals surface area (Å²) in [4.78, 5) is 33.2. The third-order valence-electron chi connectivity index (χ3n) is 2.77. The van der Waals surface area contributed by atoms with E-state index >= 15 is 0 Å². The highest BCUT2D eigenvalue weighted by atomic mass is 35.5. The molecule has 0 saturated heterocycles. The molecule has 1 aromatic rings. The average Bonchev–Trinajstić information content (AvgIpc) is 2.39.